The first-order valence-electron chi connectivity index (χ1n) is 8.91. The number of rotatable bonds is 7. The van der Waals surface area contributed by atoms with Crippen molar-refractivity contribution in [2.45, 2.75) is 27.7 Å². The molecule has 0 bridgehead atoms. The van der Waals surface area contributed by atoms with Crippen LogP contribution < -0.4 is 11.7 Å². The average Bonchev–Trinajstić information content (AvgIpc) is 3.15. The molecule has 0 spiro atoms. The van der Waals surface area contributed by atoms with Crippen molar-refractivity contribution in [1.82, 2.24) is 19.3 Å². The van der Waals surface area contributed by atoms with Gasteiger partial charge in [0.2, 0.25) is 0 Å². The van der Waals surface area contributed by atoms with Crippen LogP contribution in [0.3, 0.4) is 0 Å². The van der Waals surface area contributed by atoms with Crippen LogP contribution in [0.1, 0.15) is 55.2 Å². The Labute approximate surface area is 165 Å². The minimum atomic E-state index is 0.505. The molecule has 2 heterocycles. The third-order valence-electron chi connectivity index (χ3n) is 4.17. The molecule has 7 nitrogen and oxygen atoms in total. The number of hydrogen-bond acceptors (Lipinski definition) is 5. The Morgan fingerprint density at radius 2 is 1.57 bits per heavy atom. The van der Waals surface area contributed by atoms with Crippen molar-refractivity contribution in [1.29, 1.82) is 0 Å². The van der Waals surface area contributed by atoms with Crippen LogP contribution in [0.15, 0.2) is 42.5 Å². The number of allylic oxidation sites excluding steroid dienone is 4. The van der Waals surface area contributed by atoms with Crippen LogP contribution in [-0.2, 0) is 0 Å². The summed E-state index contributed by atoms with van der Waals surface area (Å²) in [4.78, 5) is 13.9. The van der Waals surface area contributed by atoms with E-state index in [1.165, 1.54) is 9.35 Å². The van der Waals surface area contributed by atoms with Crippen LogP contribution in [0.4, 0.5) is 0 Å². The lowest BCUT2D eigenvalue weighted by molar-refractivity contribution is 0.933. The van der Waals surface area contributed by atoms with Gasteiger partial charge >= 0.3 is 0 Å². The van der Waals surface area contributed by atoms with Crippen LogP contribution in [0.25, 0.3) is 23.9 Å². The fourth-order valence-electron chi connectivity index (χ4n) is 2.71. The van der Waals surface area contributed by atoms with Gasteiger partial charge in [-0.05, 0) is 52.0 Å². The van der Waals surface area contributed by atoms with E-state index >= 15 is 0 Å². The van der Waals surface area contributed by atoms with Crippen molar-refractivity contribution in [2.24, 2.45) is 4.99 Å². The van der Waals surface area contributed by atoms with Crippen LogP contribution in [0, 0.1) is 6.92 Å². The summed E-state index contributed by atoms with van der Waals surface area (Å²) in [6, 6.07) is 0. The smallest absolute Gasteiger partial charge is 0.178 e. The second kappa shape index (κ2) is 8.85. The predicted molar refractivity (Wildman–Crippen MR) is 119 cm³/mol. The fourth-order valence-corrected chi connectivity index (χ4v) is 2.71. The van der Waals surface area contributed by atoms with E-state index in [2.05, 4.69) is 28.1 Å². The SMILES string of the molecule is C=CC(=N/C(=C\C)c1nc(/C=C\C)c(C=C)n1N)c1nc(/C=C\C)c(C)n1N. The van der Waals surface area contributed by atoms with Gasteiger partial charge in [0.1, 0.15) is 11.4 Å². The summed E-state index contributed by atoms with van der Waals surface area (Å²) in [5.74, 6) is 13.4. The molecule has 0 radical (unpaired) electrons. The molecule has 2 rings (SSSR count). The van der Waals surface area contributed by atoms with Gasteiger partial charge in [-0.2, -0.15) is 0 Å². The Morgan fingerprint density at radius 3 is 2.11 bits per heavy atom. The third kappa shape index (κ3) is 3.73. The van der Waals surface area contributed by atoms with Crippen LogP contribution in [-0.4, -0.2) is 25.0 Å². The predicted octanol–water partition coefficient (Wildman–Crippen LogP) is 3.56. The maximum absolute atomic E-state index is 6.23. The zero-order valence-corrected chi connectivity index (χ0v) is 16.8. The first-order chi connectivity index (χ1) is 13.4. The Kier molecular flexibility index (Phi) is 6.55. The van der Waals surface area contributed by atoms with Crippen molar-refractivity contribution in [2.75, 3.05) is 11.7 Å². The van der Waals surface area contributed by atoms with Gasteiger partial charge < -0.3 is 11.7 Å². The van der Waals surface area contributed by atoms with Crippen LogP contribution in [0.2, 0.25) is 0 Å². The monoisotopic (exact) mass is 377 g/mol. The van der Waals surface area contributed by atoms with Gasteiger partial charge in [0, 0.05) is 0 Å². The van der Waals surface area contributed by atoms with Gasteiger partial charge in [-0.25, -0.2) is 24.3 Å². The zero-order chi connectivity index (χ0) is 20.8. The topological polar surface area (TPSA) is 100 Å². The highest BCUT2D eigenvalue weighted by molar-refractivity contribution is 6.08. The van der Waals surface area contributed by atoms with E-state index in [1.54, 1.807) is 12.2 Å². The molecule has 2 aromatic rings. The lowest BCUT2D eigenvalue weighted by Gasteiger charge is -2.07. The number of nitrogens with two attached hydrogens (primary N) is 2. The van der Waals surface area contributed by atoms with E-state index < -0.39 is 0 Å². The first kappa shape index (κ1) is 20.7. The number of nitrogens with zero attached hydrogens (tertiary/aromatic N) is 5. The van der Waals surface area contributed by atoms with Gasteiger partial charge in [0.25, 0.3) is 0 Å². The molecule has 0 unspecified atom stereocenters. The molecule has 0 aliphatic heterocycles. The number of imidazole rings is 2. The lowest BCUT2D eigenvalue weighted by atomic mass is 10.3. The number of nitrogen functional groups attached to an aromatic ring is 2. The largest absolute Gasteiger partial charge is 0.337 e. The Hall–Kier alpha value is -3.61. The first-order valence-corrected chi connectivity index (χ1v) is 8.91. The standard InChI is InChI=1S/C21H27N7/c1-7-12-17-14(6)27(22)20(25-17)15(9-3)24-16(10-4)21-26-18(13-8-2)19(11-5)28(21)23/h7-13H,3,5,22-23H2,1-2,4,6H3/b12-7-,13-8-,16-10-,24-15?. The number of aromatic nitrogens is 4. The molecule has 4 N–H and O–H groups in total. The summed E-state index contributed by atoms with van der Waals surface area (Å²) in [6.45, 7) is 15.3. The van der Waals surface area contributed by atoms with Crippen LogP contribution in [0.5, 0.6) is 0 Å². The highest BCUT2D eigenvalue weighted by Crippen LogP contribution is 2.21. The Bertz CT molecular complexity index is 1010. The molecule has 146 valence electrons. The van der Waals surface area contributed by atoms with E-state index in [1.807, 2.05) is 58.1 Å². The summed E-state index contributed by atoms with van der Waals surface area (Å²) in [7, 11) is 0. The summed E-state index contributed by atoms with van der Waals surface area (Å²) >= 11 is 0. The molecule has 28 heavy (non-hydrogen) atoms. The van der Waals surface area contributed by atoms with Gasteiger partial charge in [0.15, 0.2) is 11.6 Å². The Morgan fingerprint density at radius 1 is 0.964 bits per heavy atom. The van der Waals surface area contributed by atoms with Crippen molar-refractivity contribution >= 4 is 29.6 Å². The molecule has 0 aliphatic carbocycles. The average molecular weight is 377 g/mol. The molecule has 0 saturated heterocycles. The number of hydrogen-bond donors (Lipinski definition) is 2. The Balaban J connectivity index is 2.62. The molecule has 0 aromatic carbocycles. The molecular weight excluding hydrogens is 350 g/mol. The number of aliphatic imine (C=N–C) groups is 1. The van der Waals surface area contributed by atoms with Gasteiger partial charge in [-0.15, -0.1) is 0 Å². The second-order valence-corrected chi connectivity index (χ2v) is 5.93. The second-order valence-electron chi connectivity index (χ2n) is 5.93. The summed E-state index contributed by atoms with van der Waals surface area (Å²) < 4.78 is 2.96. The fraction of sp³-hybridized carbons (Fsp3) is 0.190. The van der Waals surface area contributed by atoms with E-state index in [0.29, 0.717) is 28.8 Å². The molecule has 0 atom stereocenters. The minimum Gasteiger partial charge on any atom is -0.337 e. The van der Waals surface area contributed by atoms with Crippen LogP contribution >= 0.6 is 0 Å². The minimum absolute atomic E-state index is 0.505. The van der Waals surface area contributed by atoms with E-state index in [9.17, 15) is 0 Å². The summed E-state index contributed by atoms with van der Waals surface area (Å²) in [5.41, 5.74) is 4.12. The summed E-state index contributed by atoms with van der Waals surface area (Å²) in [6.07, 6.45) is 12.7. The quantitative estimate of drug-likeness (QED) is 0.569. The normalized spacial score (nSPS) is 13.0. The molecule has 0 saturated carbocycles. The molecule has 0 amide bonds. The zero-order valence-electron chi connectivity index (χ0n) is 16.8. The summed E-state index contributed by atoms with van der Waals surface area (Å²) in [5, 5.41) is 0. The van der Waals surface area contributed by atoms with E-state index in [4.69, 9.17) is 11.7 Å². The van der Waals surface area contributed by atoms with Crippen molar-refractivity contribution in [3.05, 3.63) is 71.9 Å². The highest BCUT2D eigenvalue weighted by Gasteiger charge is 2.18. The third-order valence-corrected chi connectivity index (χ3v) is 4.17. The van der Waals surface area contributed by atoms with Gasteiger partial charge in [-0.1, -0.05) is 31.4 Å². The molecular formula is C21H27N7. The molecule has 0 fully saturated rings. The lowest BCUT2D eigenvalue weighted by Crippen LogP contribution is -2.18. The molecule has 7 heteroatoms. The van der Waals surface area contributed by atoms with Crippen molar-refractivity contribution in [3.8, 4) is 0 Å². The highest BCUT2D eigenvalue weighted by atomic mass is 15.3. The van der Waals surface area contributed by atoms with E-state index in [0.717, 1.165) is 17.1 Å². The van der Waals surface area contributed by atoms with Gasteiger partial charge in [-0.3, -0.25) is 0 Å². The van der Waals surface area contributed by atoms with E-state index in [-0.39, 0.29) is 0 Å². The van der Waals surface area contributed by atoms with Crippen molar-refractivity contribution in [3.63, 3.8) is 0 Å². The van der Waals surface area contributed by atoms with Gasteiger partial charge in [0.05, 0.1) is 22.8 Å². The van der Waals surface area contributed by atoms with Crippen molar-refractivity contribution < 1.29 is 0 Å². The molecule has 2 aromatic heterocycles. The molecule has 0 aliphatic rings. The maximum atomic E-state index is 6.23. The maximum Gasteiger partial charge on any atom is 0.178 e.